The normalized spacial score (nSPS) is 16.9. The van der Waals surface area contributed by atoms with Crippen molar-refractivity contribution in [3.8, 4) is 11.5 Å². The molecule has 2 aromatic carbocycles. The van der Waals surface area contributed by atoms with E-state index in [-0.39, 0.29) is 0 Å². The third-order valence-electron chi connectivity index (χ3n) is 5.30. The van der Waals surface area contributed by atoms with E-state index in [1.165, 1.54) is 24.9 Å². The molecule has 0 amide bonds. The maximum Gasteiger partial charge on any atom is 0.162 e. The van der Waals surface area contributed by atoms with Crippen LogP contribution in [0.4, 0.5) is 0 Å². The molecule has 158 valence electrons. The predicted molar refractivity (Wildman–Crippen MR) is 123 cm³/mol. The van der Waals surface area contributed by atoms with Crippen molar-refractivity contribution < 1.29 is 9.47 Å². The highest BCUT2D eigenvalue weighted by Crippen LogP contribution is 2.34. The van der Waals surface area contributed by atoms with E-state index in [0.29, 0.717) is 24.3 Å². The summed E-state index contributed by atoms with van der Waals surface area (Å²) in [5.74, 6) is 1.50. The van der Waals surface area contributed by atoms with Gasteiger partial charge in [-0.3, -0.25) is 4.90 Å². The zero-order valence-corrected chi connectivity index (χ0v) is 19.6. The Morgan fingerprint density at radius 1 is 1.17 bits per heavy atom. The molecule has 0 aromatic heterocycles. The third-order valence-corrected chi connectivity index (χ3v) is 6.27. The number of likely N-dealkylation sites (tertiary alicyclic amines) is 1. The Kier molecular flexibility index (Phi) is 8.67. The van der Waals surface area contributed by atoms with Crippen molar-refractivity contribution in [2.75, 3.05) is 26.2 Å². The molecule has 1 aliphatic rings. The van der Waals surface area contributed by atoms with E-state index in [1.54, 1.807) is 0 Å². The lowest BCUT2D eigenvalue weighted by Gasteiger charge is -2.23. The van der Waals surface area contributed by atoms with Crippen molar-refractivity contribution in [1.29, 1.82) is 0 Å². The molecule has 0 aliphatic carbocycles. The summed E-state index contributed by atoms with van der Waals surface area (Å²) >= 11 is 9.77. The first-order chi connectivity index (χ1) is 14.1. The quantitative estimate of drug-likeness (QED) is 0.475. The second-order valence-corrected chi connectivity index (χ2v) is 8.59. The van der Waals surface area contributed by atoms with Gasteiger partial charge < -0.3 is 14.8 Å². The number of likely N-dealkylation sites (N-methyl/N-ethyl adjacent to an activating group) is 1. The number of hydrogen-bond donors (Lipinski definition) is 1. The lowest BCUT2D eigenvalue weighted by molar-refractivity contribution is 0.259. The zero-order valence-electron chi connectivity index (χ0n) is 17.2. The topological polar surface area (TPSA) is 33.7 Å². The second kappa shape index (κ2) is 11.2. The maximum absolute atomic E-state index is 6.07. The summed E-state index contributed by atoms with van der Waals surface area (Å²) < 4.78 is 12.9. The first kappa shape index (κ1) is 22.4. The molecule has 1 unspecified atom stereocenters. The van der Waals surface area contributed by atoms with Crippen molar-refractivity contribution in [3.05, 3.63) is 57.0 Å². The van der Waals surface area contributed by atoms with Gasteiger partial charge in [-0.15, -0.1) is 0 Å². The standard InChI is InChI=1S/C23H30BrClN2O2/c1-3-27-10-6-9-20(27)15-26-14-18-12-22(28-4-2)23(13-21(18)24)29-16-17-7-5-8-19(25)11-17/h5,7-8,11-13,20,26H,3-4,6,9-10,14-16H2,1-2H3. The summed E-state index contributed by atoms with van der Waals surface area (Å²) in [7, 11) is 0. The third kappa shape index (κ3) is 6.35. The molecule has 0 spiro atoms. The molecule has 0 saturated carbocycles. The summed E-state index contributed by atoms with van der Waals surface area (Å²) in [6, 6.07) is 12.4. The van der Waals surface area contributed by atoms with E-state index in [2.05, 4.69) is 39.1 Å². The number of ether oxygens (including phenoxy) is 2. The Balaban J connectivity index is 1.63. The summed E-state index contributed by atoms with van der Waals surface area (Å²) in [6.45, 7) is 9.42. The van der Waals surface area contributed by atoms with Gasteiger partial charge in [-0.05, 0) is 68.2 Å². The lowest BCUT2D eigenvalue weighted by atomic mass is 10.1. The van der Waals surface area contributed by atoms with Crippen molar-refractivity contribution >= 4 is 27.5 Å². The molecule has 1 N–H and O–H groups in total. The van der Waals surface area contributed by atoms with Gasteiger partial charge in [0.05, 0.1) is 6.61 Å². The fraction of sp³-hybridized carbons (Fsp3) is 0.478. The fourth-order valence-electron chi connectivity index (χ4n) is 3.80. The maximum atomic E-state index is 6.07. The summed E-state index contributed by atoms with van der Waals surface area (Å²) in [6.07, 6.45) is 2.58. The van der Waals surface area contributed by atoms with Crippen LogP contribution >= 0.6 is 27.5 Å². The molecule has 4 nitrogen and oxygen atoms in total. The predicted octanol–water partition coefficient (Wildman–Crippen LogP) is 5.65. The first-order valence-electron chi connectivity index (χ1n) is 10.4. The minimum atomic E-state index is 0.444. The molecule has 29 heavy (non-hydrogen) atoms. The Hall–Kier alpha value is -1.27. The highest BCUT2D eigenvalue weighted by Gasteiger charge is 2.22. The van der Waals surface area contributed by atoms with Crippen molar-refractivity contribution in [2.24, 2.45) is 0 Å². The number of halogens is 2. The van der Waals surface area contributed by atoms with Gasteiger partial charge in [0.15, 0.2) is 11.5 Å². The first-order valence-corrected chi connectivity index (χ1v) is 11.5. The van der Waals surface area contributed by atoms with Crippen LogP contribution in [0, 0.1) is 0 Å². The Morgan fingerprint density at radius 3 is 2.76 bits per heavy atom. The van der Waals surface area contributed by atoms with Crippen molar-refractivity contribution in [2.45, 2.75) is 45.9 Å². The Labute approximate surface area is 187 Å². The van der Waals surface area contributed by atoms with Crippen LogP contribution in [0.25, 0.3) is 0 Å². The number of nitrogens with one attached hydrogen (secondary N) is 1. The zero-order chi connectivity index (χ0) is 20.6. The number of nitrogens with zero attached hydrogens (tertiary/aromatic N) is 1. The highest BCUT2D eigenvalue weighted by atomic mass is 79.9. The summed E-state index contributed by atoms with van der Waals surface area (Å²) in [5, 5.41) is 4.33. The van der Waals surface area contributed by atoms with Gasteiger partial charge in [-0.2, -0.15) is 0 Å². The average molecular weight is 482 g/mol. The van der Waals surface area contributed by atoms with Crippen LogP contribution in [0.15, 0.2) is 40.9 Å². The van der Waals surface area contributed by atoms with Gasteiger partial charge in [0, 0.05) is 28.6 Å². The van der Waals surface area contributed by atoms with E-state index in [4.69, 9.17) is 21.1 Å². The molecule has 3 rings (SSSR count). The summed E-state index contributed by atoms with van der Waals surface area (Å²) in [5.41, 5.74) is 2.20. The van der Waals surface area contributed by atoms with Crippen LogP contribution in [0.5, 0.6) is 11.5 Å². The van der Waals surface area contributed by atoms with Gasteiger partial charge >= 0.3 is 0 Å². The SMILES string of the molecule is CCOc1cc(CNCC2CCCN2CC)c(Br)cc1OCc1cccc(Cl)c1. The monoisotopic (exact) mass is 480 g/mol. The largest absolute Gasteiger partial charge is 0.490 e. The van der Waals surface area contributed by atoms with Gasteiger partial charge in [-0.25, -0.2) is 0 Å². The van der Waals surface area contributed by atoms with E-state index in [0.717, 1.165) is 41.2 Å². The Morgan fingerprint density at radius 2 is 2.00 bits per heavy atom. The van der Waals surface area contributed by atoms with E-state index < -0.39 is 0 Å². The van der Waals surface area contributed by atoms with E-state index in [1.807, 2.05) is 37.3 Å². The number of benzene rings is 2. The average Bonchev–Trinajstić information content (AvgIpc) is 3.16. The lowest BCUT2D eigenvalue weighted by Crippen LogP contribution is -2.37. The summed E-state index contributed by atoms with van der Waals surface area (Å²) in [4.78, 5) is 2.56. The molecule has 1 fully saturated rings. The molecule has 1 saturated heterocycles. The molecule has 1 heterocycles. The molecular formula is C23H30BrClN2O2. The molecule has 6 heteroatoms. The minimum Gasteiger partial charge on any atom is -0.490 e. The van der Waals surface area contributed by atoms with Crippen LogP contribution in [0.2, 0.25) is 5.02 Å². The van der Waals surface area contributed by atoms with E-state index in [9.17, 15) is 0 Å². The van der Waals surface area contributed by atoms with Crippen LogP contribution in [-0.4, -0.2) is 37.2 Å². The number of hydrogen-bond acceptors (Lipinski definition) is 4. The van der Waals surface area contributed by atoms with E-state index >= 15 is 0 Å². The van der Waals surface area contributed by atoms with Crippen molar-refractivity contribution in [3.63, 3.8) is 0 Å². The van der Waals surface area contributed by atoms with Crippen LogP contribution in [0.3, 0.4) is 0 Å². The van der Waals surface area contributed by atoms with Crippen LogP contribution < -0.4 is 14.8 Å². The fourth-order valence-corrected chi connectivity index (χ4v) is 4.47. The van der Waals surface area contributed by atoms with Gasteiger partial charge in [0.25, 0.3) is 0 Å². The minimum absolute atomic E-state index is 0.444. The molecule has 0 bridgehead atoms. The van der Waals surface area contributed by atoms with Gasteiger partial charge in [0.1, 0.15) is 6.61 Å². The molecule has 1 aliphatic heterocycles. The molecule has 2 aromatic rings. The number of rotatable bonds is 10. The van der Waals surface area contributed by atoms with Crippen molar-refractivity contribution in [1.82, 2.24) is 10.2 Å². The molecule has 0 radical (unpaired) electrons. The van der Waals surface area contributed by atoms with Gasteiger partial charge in [0.2, 0.25) is 0 Å². The smallest absolute Gasteiger partial charge is 0.162 e. The second-order valence-electron chi connectivity index (χ2n) is 7.30. The van der Waals surface area contributed by atoms with Gasteiger partial charge in [-0.1, -0.05) is 46.6 Å². The van der Waals surface area contributed by atoms with Crippen LogP contribution in [0.1, 0.15) is 37.8 Å². The Bertz CT molecular complexity index is 802. The highest BCUT2D eigenvalue weighted by molar-refractivity contribution is 9.10. The van der Waals surface area contributed by atoms with Crippen LogP contribution in [-0.2, 0) is 13.2 Å². The molecule has 1 atom stereocenters. The molecular weight excluding hydrogens is 452 g/mol.